The van der Waals surface area contributed by atoms with Gasteiger partial charge in [0.25, 0.3) is 11.7 Å². The van der Waals surface area contributed by atoms with Gasteiger partial charge in [0.15, 0.2) is 0 Å². The molecule has 7 heteroatoms. The predicted octanol–water partition coefficient (Wildman–Crippen LogP) is 3.29. The topological polar surface area (TPSA) is 76.1 Å². The average molecular weight is 399 g/mol. The number of carbonyl (C=O) groups is 2. The van der Waals surface area contributed by atoms with Gasteiger partial charge in [0.2, 0.25) is 0 Å². The molecule has 2 aromatic rings. The van der Waals surface area contributed by atoms with Crippen LogP contribution in [0, 0.1) is 5.82 Å². The van der Waals surface area contributed by atoms with Gasteiger partial charge in [-0.3, -0.25) is 9.59 Å². The van der Waals surface area contributed by atoms with Gasteiger partial charge in [0, 0.05) is 24.8 Å². The zero-order valence-electron chi connectivity index (χ0n) is 16.2. The first-order valence-electron chi connectivity index (χ1n) is 9.24. The van der Waals surface area contributed by atoms with E-state index in [-0.39, 0.29) is 30.0 Å². The number of aliphatic hydroxyl groups excluding tert-OH is 1. The maximum Gasteiger partial charge on any atom is 0.295 e. The van der Waals surface area contributed by atoms with Crippen LogP contribution in [0.3, 0.4) is 0 Å². The summed E-state index contributed by atoms with van der Waals surface area (Å²) in [6, 6.07) is 11.4. The molecule has 0 bridgehead atoms. The Balaban J connectivity index is 2.16. The summed E-state index contributed by atoms with van der Waals surface area (Å²) in [5.74, 6) is -2.12. The number of nitrogens with zero attached hydrogens (tertiary/aromatic N) is 1. The van der Waals surface area contributed by atoms with Crippen molar-refractivity contribution >= 4 is 17.4 Å². The molecule has 1 atom stereocenters. The van der Waals surface area contributed by atoms with Crippen LogP contribution in [0.5, 0.6) is 5.75 Å². The number of ether oxygens (including phenoxy) is 2. The van der Waals surface area contributed by atoms with Crippen LogP contribution in [0.4, 0.5) is 4.39 Å². The van der Waals surface area contributed by atoms with E-state index in [0.717, 1.165) is 0 Å². The molecule has 1 fully saturated rings. The highest BCUT2D eigenvalue weighted by atomic mass is 19.1. The van der Waals surface area contributed by atoms with Gasteiger partial charge in [-0.15, -0.1) is 0 Å². The Kier molecular flexibility index (Phi) is 6.29. The van der Waals surface area contributed by atoms with Gasteiger partial charge in [0.05, 0.1) is 24.8 Å². The van der Waals surface area contributed by atoms with Crippen LogP contribution in [0.2, 0.25) is 0 Å². The van der Waals surface area contributed by atoms with E-state index in [1.54, 1.807) is 30.3 Å². The van der Waals surface area contributed by atoms with Crippen LogP contribution < -0.4 is 4.74 Å². The minimum Gasteiger partial charge on any atom is -0.507 e. The van der Waals surface area contributed by atoms with Gasteiger partial charge in [-0.2, -0.15) is 0 Å². The summed E-state index contributed by atoms with van der Waals surface area (Å²) in [5.41, 5.74) is 0.275. The maximum absolute atomic E-state index is 14.6. The molecule has 2 aromatic carbocycles. The van der Waals surface area contributed by atoms with Crippen molar-refractivity contribution in [2.45, 2.75) is 13.0 Å². The molecule has 29 heavy (non-hydrogen) atoms. The smallest absolute Gasteiger partial charge is 0.295 e. The van der Waals surface area contributed by atoms with Crippen molar-refractivity contribution < 1.29 is 28.6 Å². The average Bonchev–Trinajstić information content (AvgIpc) is 2.97. The van der Waals surface area contributed by atoms with Crippen LogP contribution in [0.15, 0.2) is 54.1 Å². The summed E-state index contributed by atoms with van der Waals surface area (Å²) in [5, 5.41) is 10.9. The Bertz CT molecular complexity index is 956. The fraction of sp³-hybridized carbons (Fsp3) is 0.273. The van der Waals surface area contributed by atoms with Crippen molar-refractivity contribution in [3.63, 3.8) is 0 Å². The summed E-state index contributed by atoms with van der Waals surface area (Å²) < 4.78 is 25.1. The van der Waals surface area contributed by atoms with E-state index in [9.17, 15) is 19.1 Å². The van der Waals surface area contributed by atoms with Crippen LogP contribution in [0.25, 0.3) is 5.76 Å². The molecule has 0 spiro atoms. The molecule has 3 rings (SSSR count). The number of halogens is 1. The van der Waals surface area contributed by atoms with E-state index in [4.69, 9.17) is 9.47 Å². The fourth-order valence-corrected chi connectivity index (χ4v) is 3.38. The molecule has 0 aliphatic carbocycles. The normalized spacial score (nSPS) is 18.3. The van der Waals surface area contributed by atoms with Crippen LogP contribution in [-0.4, -0.2) is 48.6 Å². The van der Waals surface area contributed by atoms with Crippen molar-refractivity contribution in [1.29, 1.82) is 0 Å². The van der Waals surface area contributed by atoms with E-state index in [0.29, 0.717) is 17.9 Å². The quantitative estimate of drug-likeness (QED) is 0.439. The lowest BCUT2D eigenvalue weighted by Crippen LogP contribution is -2.33. The first-order chi connectivity index (χ1) is 14.0. The Morgan fingerprint density at radius 2 is 1.93 bits per heavy atom. The molecule has 0 radical (unpaired) electrons. The summed E-state index contributed by atoms with van der Waals surface area (Å²) in [6.07, 6.45) is 0. The number of likely N-dealkylation sites (tertiary alicyclic amines) is 1. The minimum atomic E-state index is -1.05. The van der Waals surface area contributed by atoms with Crippen molar-refractivity contribution in [2.24, 2.45) is 0 Å². The second-order valence-corrected chi connectivity index (χ2v) is 6.47. The highest BCUT2D eigenvalue weighted by Gasteiger charge is 2.46. The van der Waals surface area contributed by atoms with Crippen LogP contribution in [-0.2, 0) is 14.3 Å². The Morgan fingerprint density at radius 3 is 2.62 bits per heavy atom. The number of benzene rings is 2. The summed E-state index contributed by atoms with van der Waals surface area (Å²) in [7, 11) is 1.47. The standard InChI is InChI=1S/C22H22FNO5/c1-3-29-15-8-6-7-14(13-15)20(25)18-19(16-9-4-5-10-17(16)23)24(11-12-28-2)22(27)21(18)26/h4-10,13,19,25H,3,11-12H2,1-2H3/b20-18+. The van der Waals surface area contributed by atoms with E-state index in [2.05, 4.69) is 0 Å². The first-order valence-corrected chi connectivity index (χ1v) is 9.24. The Labute approximate surface area is 168 Å². The highest BCUT2D eigenvalue weighted by molar-refractivity contribution is 6.46. The monoisotopic (exact) mass is 399 g/mol. The van der Waals surface area contributed by atoms with E-state index in [1.165, 1.54) is 30.2 Å². The number of methoxy groups -OCH3 is 1. The molecule has 1 heterocycles. The number of ketones is 1. The number of rotatable bonds is 7. The second kappa shape index (κ2) is 8.87. The van der Waals surface area contributed by atoms with E-state index >= 15 is 0 Å². The third kappa shape index (κ3) is 4.00. The molecule has 1 saturated heterocycles. The maximum atomic E-state index is 14.6. The SMILES string of the molecule is CCOc1cccc(/C(O)=C2\C(=O)C(=O)N(CCOC)C2c2ccccc2F)c1. The number of hydrogen-bond donors (Lipinski definition) is 1. The molecule has 1 amide bonds. The highest BCUT2D eigenvalue weighted by Crippen LogP contribution is 2.40. The molecule has 1 aliphatic heterocycles. The van der Waals surface area contributed by atoms with Gasteiger partial charge in [-0.05, 0) is 25.1 Å². The molecule has 0 saturated carbocycles. The molecule has 152 valence electrons. The summed E-state index contributed by atoms with van der Waals surface area (Å²) in [4.78, 5) is 26.7. The van der Waals surface area contributed by atoms with Crippen molar-refractivity contribution in [3.05, 3.63) is 71.0 Å². The second-order valence-electron chi connectivity index (χ2n) is 6.47. The van der Waals surface area contributed by atoms with Gasteiger partial charge < -0.3 is 19.5 Å². The number of Topliss-reactive ketones (excluding diaryl/α,β-unsaturated/α-hetero) is 1. The number of aliphatic hydroxyl groups is 1. The molecular weight excluding hydrogens is 377 g/mol. The molecule has 1 N–H and O–H groups in total. The van der Waals surface area contributed by atoms with E-state index in [1.807, 2.05) is 6.92 Å². The van der Waals surface area contributed by atoms with Gasteiger partial charge in [-0.1, -0.05) is 30.3 Å². The lowest BCUT2D eigenvalue weighted by Gasteiger charge is -2.25. The zero-order valence-corrected chi connectivity index (χ0v) is 16.2. The third-order valence-corrected chi connectivity index (χ3v) is 4.69. The molecular formula is C22H22FNO5. The zero-order chi connectivity index (χ0) is 21.0. The number of carbonyl (C=O) groups excluding carboxylic acids is 2. The Hall–Kier alpha value is -3.19. The van der Waals surface area contributed by atoms with Crippen LogP contribution >= 0.6 is 0 Å². The third-order valence-electron chi connectivity index (χ3n) is 4.69. The van der Waals surface area contributed by atoms with Crippen molar-refractivity contribution in [3.8, 4) is 5.75 Å². The molecule has 0 aromatic heterocycles. The van der Waals surface area contributed by atoms with Gasteiger partial charge >= 0.3 is 0 Å². The lowest BCUT2D eigenvalue weighted by atomic mass is 9.95. The van der Waals surface area contributed by atoms with Crippen molar-refractivity contribution in [2.75, 3.05) is 26.9 Å². The fourth-order valence-electron chi connectivity index (χ4n) is 3.38. The predicted molar refractivity (Wildman–Crippen MR) is 105 cm³/mol. The number of amides is 1. The van der Waals surface area contributed by atoms with E-state index < -0.39 is 23.5 Å². The van der Waals surface area contributed by atoms with Gasteiger partial charge in [-0.25, -0.2) is 4.39 Å². The molecule has 6 nitrogen and oxygen atoms in total. The Morgan fingerprint density at radius 1 is 1.17 bits per heavy atom. The first kappa shape index (κ1) is 20.5. The molecule has 1 unspecified atom stereocenters. The lowest BCUT2D eigenvalue weighted by molar-refractivity contribution is -0.140. The molecule has 1 aliphatic rings. The van der Waals surface area contributed by atoms with Crippen molar-refractivity contribution in [1.82, 2.24) is 4.90 Å². The van der Waals surface area contributed by atoms with Crippen LogP contribution in [0.1, 0.15) is 24.1 Å². The summed E-state index contributed by atoms with van der Waals surface area (Å²) in [6.45, 7) is 2.50. The number of hydrogen-bond acceptors (Lipinski definition) is 5. The summed E-state index contributed by atoms with van der Waals surface area (Å²) >= 11 is 0. The minimum absolute atomic E-state index is 0.0792. The largest absolute Gasteiger partial charge is 0.507 e. The van der Waals surface area contributed by atoms with Gasteiger partial charge in [0.1, 0.15) is 17.3 Å².